The highest BCUT2D eigenvalue weighted by Crippen LogP contribution is 2.10. The van der Waals surface area contributed by atoms with Crippen LogP contribution in [0.4, 0.5) is 0 Å². The summed E-state index contributed by atoms with van der Waals surface area (Å²) in [7, 11) is 2.01. The first-order valence-electron chi connectivity index (χ1n) is 6.01. The van der Waals surface area contributed by atoms with Gasteiger partial charge in [0.05, 0.1) is 0 Å². The van der Waals surface area contributed by atoms with E-state index in [9.17, 15) is 4.79 Å². The van der Waals surface area contributed by atoms with Crippen LogP contribution in [-0.2, 0) is 7.05 Å². The Morgan fingerprint density at radius 1 is 1.53 bits per heavy atom. The van der Waals surface area contributed by atoms with Crippen molar-refractivity contribution in [1.29, 1.82) is 0 Å². The number of pyridine rings is 1. The number of rotatable bonds is 1. The molecule has 1 aliphatic carbocycles. The first kappa shape index (κ1) is 11.9. The molecule has 2 rings (SSSR count). The van der Waals surface area contributed by atoms with Crippen LogP contribution in [0.5, 0.6) is 0 Å². The maximum absolute atomic E-state index is 12.4. The maximum Gasteiger partial charge on any atom is 0.196 e. The van der Waals surface area contributed by atoms with E-state index < -0.39 is 0 Å². The van der Waals surface area contributed by atoms with E-state index in [0.717, 1.165) is 33.8 Å². The van der Waals surface area contributed by atoms with E-state index in [1.165, 1.54) is 0 Å². The van der Waals surface area contributed by atoms with E-state index in [0.29, 0.717) is 5.92 Å². The highest BCUT2D eigenvalue weighted by atomic mass is 16.1. The minimum Gasteiger partial charge on any atom is -0.347 e. The molecule has 1 aromatic rings. The van der Waals surface area contributed by atoms with Crippen LogP contribution < -0.4 is 16.0 Å². The Morgan fingerprint density at radius 2 is 2.18 bits per heavy atom. The molecule has 1 atom stereocenters. The number of nitrogens with zero attached hydrogens (tertiary/aromatic N) is 1. The maximum atomic E-state index is 12.4. The molecule has 0 saturated heterocycles. The van der Waals surface area contributed by atoms with Crippen molar-refractivity contribution in [2.45, 2.75) is 27.2 Å². The molecule has 1 aliphatic rings. The van der Waals surface area contributed by atoms with Crippen LogP contribution in [0, 0.1) is 12.8 Å². The molecule has 0 radical (unpaired) electrons. The van der Waals surface area contributed by atoms with Gasteiger partial charge in [0, 0.05) is 28.9 Å². The fourth-order valence-corrected chi connectivity index (χ4v) is 2.51. The minimum atomic E-state index is 0.130. The molecule has 1 unspecified atom stereocenters. The Labute approximate surface area is 102 Å². The molecule has 2 heteroatoms. The molecular formula is C15H19NO. The van der Waals surface area contributed by atoms with Gasteiger partial charge in [-0.3, -0.25) is 4.79 Å². The van der Waals surface area contributed by atoms with E-state index in [1.54, 1.807) is 0 Å². The molecule has 17 heavy (non-hydrogen) atoms. The van der Waals surface area contributed by atoms with Gasteiger partial charge in [-0.2, -0.15) is 0 Å². The van der Waals surface area contributed by atoms with Gasteiger partial charge >= 0.3 is 0 Å². The molecule has 1 aromatic heterocycles. The fourth-order valence-electron chi connectivity index (χ4n) is 2.51. The van der Waals surface area contributed by atoms with Gasteiger partial charge in [0.15, 0.2) is 5.43 Å². The lowest BCUT2D eigenvalue weighted by atomic mass is 9.97. The van der Waals surface area contributed by atoms with Gasteiger partial charge in [-0.15, -0.1) is 0 Å². The zero-order chi connectivity index (χ0) is 12.7. The lowest BCUT2D eigenvalue weighted by molar-refractivity contribution is 0.752. The number of aromatic nitrogens is 1. The van der Waals surface area contributed by atoms with Crippen molar-refractivity contribution < 1.29 is 0 Å². The Bertz CT molecular complexity index is 662. The van der Waals surface area contributed by atoms with Gasteiger partial charge in [-0.1, -0.05) is 25.7 Å². The molecule has 2 nitrogen and oxygen atoms in total. The van der Waals surface area contributed by atoms with E-state index in [2.05, 4.69) is 30.2 Å². The summed E-state index contributed by atoms with van der Waals surface area (Å²) in [6.45, 7) is 9.94. The first-order chi connectivity index (χ1) is 7.93. The van der Waals surface area contributed by atoms with Gasteiger partial charge in [-0.05, 0) is 31.8 Å². The third-order valence-electron chi connectivity index (χ3n) is 3.53. The fraction of sp³-hybridized carbons (Fsp3) is 0.400. The lowest BCUT2D eigenvalue weighted by Crippen LogP contribution is -2.48. The van der Waals surface area contributed by atoms with Crippen molar-refractivity contribution in [1.82, 2.24) is 4.57 Å². The molecule has 90 valence electrons. The molecular weight excluding hydrogens is 210 g/mol. The van der Waals surface area contributed by atoms with Crippen molar-refractivity contribution >= 4 is 17.7 Å². The predicted molar refractivity (Wildman–Crippen MR) is 73.1 cm³/mol. The Kier molecular flexibility index (Phi) is 2.82. The molecule has 0 spiro atoms. The van der Waals surface area contributed by atoms with E-state index >= 15 is 0 Å². The first-order valence-corrected chi connectivity index (χ1v) is 6.01. The van der Waals surface area contributed by atoms with Gasteiger partial charge in [0.1, 0.15) is 0 Å². The number of hydrogen-bond acceptors (Lipinski definition) is 1. The number of allylic oxidation sites excluding steroid dienone is 1. The average molecular weight is 229 g/mol. The molecule has 0 N–H and O–H groups in total. The van der Waals surface area contributed by atoms with Crippen molar-refractivity contribution in [2.24, 2.45) is 13.0 Å². The van der Waals surface area contributed by atoms with Crippen molar-refractivity contribution in [3.63, 3.8) is 0 Å². The molecule has 0 fully saturated rings. The van der Waals surface area contributed by atoms with Crippen molar-refractivity contribution in [3.8, 4) is 0 Å². The third-order valence-corrected chi connectivity index (χ3v) is 3.53. The van der Waals surface area contributed by atoms with Crippen LogP contribution in [-0.4, -0.2) is 4.57 Å². The second-order valence-electron chi connectivity index (χ2n) is 5.01. The van der Waals surface area contributed by atoms with Crippen molar-refractivity contribution in [3.05, 3.63) is 38.6 Å². The van der Waals surface area contributed by atoms with E-state index in [1.807, 2.05) is 20.9 Å². The summed E-state index contributed by atoms with van der Waals surface area (Å²) in [5.41, 5.74) is 2.74. The van der Waals surface area contributed by atoms with Gasteiger partial charge in [0.25, 0.3) is 0 Å². The predicted octanol–water partition coefficient (Wildman–Crippen LogP) is 1.33. The van der Waals surface area contributed by atoms with Crippen LogP contribution in [0.1, 0.15) is 31.5 Å². The Balaban J connectivity index is 3.03. The SMILES string of the molecule is C=C(C)c1c(C)n(C)c2c(c1=O)=CC(C)CC=2. The van der Waals surface area contributed by atoms with Crippen LogP contribution in [0.25, 0.3) is 17.7 Å². The van der Waals surface area contributed by atoms with Gasteiger partial charge in [-0.25, -0.2) is 0 Å². The molecule has 0 amide bonds. The molecule has 0 bridgehead atoms. The highest BCUT2D eigenvalue weighted by molar-refractivity contribution is 5.63. The monoisotopic (exact) mass is 229 g/mol. The van der Waals surface area contributed by atoms with Gasteiger partial charge < -0.3 is 4.57 Å². The largest absolute Gasteiger partial charge is 0.347 e. The zero-order valence-corrected chi connectivity index (χ0v) is 11.0. The Morgan fingerprint density at radius 3 is 2.76 bits per heavy atom. The second-order valence-corrected chi connectivity index (χ2v) is 5.01. The summed E-state index contributed by atoms with van der Waals surface area (Å²) < 4.78 is 2.10. The van der Waals surface area contributed by atoms with E-state index in [4.69, 9.17) is 0 Å². The van der Waals surface area contributed by atoms with Gasteiger partial charge in [0.2, 0.25) is 0 Å². The lowest BCUT2D eigenvalue weighted by Gasteiger charge is -2.16. The smallest absolute Gasteiger partial charge is 0.196 e. The zero-order valence-electron chi connectivity index (χ0n) is 11.0. The summed E-state index contributed by atoms with van der Waals surface area (Å²) in [4.78, 5) is 12.4. The quantitative estimate of drug-likeness (QED) is 0.712. The highest BCUT2D eigenvalue weighted by Gasteiger charge is 2.13. The molecule has 0 aromatic carbocycles. The van der Waals surface area contributed by atoms with E-state index in [-0.39, 0.29) is 5.43 Å². The van der Waals surface area contributed by atoms with Crippen LogP contribution >= 0.6 is 0 Å². The summed E-state index contributed by atoms with van der Waals surface area (Å²) in [5, 5.41) is 1.89. The summed E-state index contributed by atoms with van der Waals surface area (Å²) in [6.07, 6.45) is 5.26. The number of hydrogen-bond donors (Lipinski definition) is 0. The standard InChI is InChI=1S/C15H19NO/c1-9(2)14-11(4)16(5)13-7-6-10(3)8-12(13)15(14)17/h7-8,10H,1,6H2,2-5H3. The summed E-state index contributed by atoms with van der Waals surface area (Å²) in [5.74, 6) is 0.441. The second kappa shape index (κ2) is 4.02. The van der Waals surface area contributed by atoms with Crippen molar-refractivity contribution in [2.75, 3.05) is 0 Å². The number of fused-ring (bicyclic) bond motifs is 1. The molecule has 0 saturated carbocycles. The molecule has 1 heterocycles. The van der Waals surface area contributed by atoms with Crippen LogP contribution in [0.15, 0.2) is 11.4 Å². The topological polar surface area (TPSA) is 22.0 Å². The Hall–Kier alpha value is -1.57. The summed E-state index contributed by atoms with van der Waals surface area (Å²) >= 11 is 0. The van der Waals surface area contributed by atoms with Crippen LogP contribution in [0.3, 0.4) is 0 Å². The van der Waals surface area contributed by atoms with Crippen LogP contribution in [0.2, 0.25) is 0 Å². The average Bonchev–Trinajstić information content (AvgIpc) is 2.26. The summed E-state index contributed by atoms with van der Waals surface area (Å²) in [6, 6.07) is 0. The normalized spacial score (nSPS) is 18.0. The molecule has 0 aliphatic heterocycles. The third kappa shape index (κ3) is 1.78. The minimum absolute atomic E-state index is 0.130.